The molecule has 0 fully saturated rings. The van der Waals surface area contributed by atoms with E-state index in [1.54, 1.807) is 0 Å². The fourth-order valence-electron chi connectivity index (χ4n) is 13.1. The maximum absolute atomic E-state index is 7.33. The molecule has 316 valence electrons. The minimum atomic E-state index is -0.200. The van der Waals surface area contributed by atoms with Crippen molar-refractivity contribution in [3.63, 3.8) is 0 Å². The number of benzene rings is 10. The Hall–Kier alpha value is -9.07. The van der Waals surface area contributed by atoms with Gasteiger partial charge in [0.2, 0.25) is 0 Å². The number of aromatic nitrogens is 2. The number of hydrogen-bond donors (Lipinski definition) is 0. The molecule has 69 heavy (non-hydrogen) atoms. The second-order valence-electron chi connectivity index (χ2n) is 19.0. The SMILES string of the molecule is c1cc2c3c(c1)B1c4ccc(-n5c6ccccc6c6ccccc65)cc4Oc4cc5c6c(c41)N3c1c(cc3oc4ccccc4c3c1O2)B6c1ccc(-n2c3ccccc3c3ccccc32)cc1O5. The van der Waals surface area contributed by atoms with E-state index in [4.69, 9.17) is 18.6 Å². The van der Waals surface area contributed by atoms with Gasteiger partial charge in [0, 0.05) is 62.2 Å². The number of nitrogens with zero attached hydrogens (tertiary/aromatic N) is 3. The summed E-state index contributed by atoms with van der Waals surface area (Å²) in [5.74, 6) is 4.83. The predicted octanol–water partition coefficient (Wildman–Crippen LogP) is 11.2. The number of fused-ring (bicyclic) bond motifs is 16. The summed E-state index contributed by atoms with van der Waals surface area (Å²) in [5.41, 5.74) is 18.3. The Bertz CT molecular complexity index is 4480. The molecule has 13 aromatic rings. The molecule has 0 radical (unpaired) electrons. The fraction of sp³-hybridized carbons (Fsp3) is 0. The molecule has 9 heteroatoms. The second-order valence-corrected chi connectivity index (χ2v) is 19.0. The number of rotatable bonds is 2. The van der Waals surface area contributed by atoms with Crippen LogP contribution < -0.4 is 51.9 Å². The Morgan fingerprint density at radius 1 is 0.333 bits per heavy atom. The van der Waals surface area contributed by atoms with Crippen LogP contribution in [0, 0.1) is 0 Å². The zero-order valence-electron chi connectivity index (χ0n) is 36.5. The number of para-hydroxylation sites is 6. The number of hydrogen-bond acceptors (Lipinski definition) is 5. The lowest BCUT2D eigenvalue weighted by Gasteiger charge is -2.49. The van der Waals surface area contributed by atoms with Crippen LogP contribution in [0.1, 0.15) is 0 Å². The predicted molar refractivity (Wildman–Crippen MR) is 279 cm³/mol. The minimum Gasteiger partial charge on any atom is -0.458 e. The minimum absolute atomic E-state index is 0.132. The number of ether oxygens (including phenoxy) is 3. The van der Waals surface area contributed by atoms with Gasteiger partial charge in [-0.3, -0.25) is 0 Å². The first-order valence-electron chi connectivity index (χ1n) is 23.6. The molecule has 0 amide bonds. The summed E-state index contributed by atoms with van der Waals surface area (Å²) in [7, 11) is 0. The molecular formula is C60H31B2N3O4. The highest BCUT2D eigenvalue weighted by Gasteiger charge is 2.54. The molecule has 5 aliphatic rings. The monoisotopic (exact) mass is 879 g/mol. The highest BCUT2D eigenvalue weighted by molar-refractivity contribution is 7.04. The molecule has 0 atom stereocenters. The van der Waals surface area contributed by atoms with Crippen molar-refractivity contribution in [2.75, 3.05) is 4.90 Å². The molecule has 0 saturated heterocycles. The molecule has 18 rings (SSSR count). The summed E-state index contributed by atoms with van der Waals surface area (Å²) in [6, 6.07) is 67.4. The molecule has 0 unspecified atom stereocenters. The first-order valence-corrected chi connectivity index (χ1v) is 23.6. The van der Waals surface area contributed by atoms with Crippen molar-refractivity contribution in [1.82, 2.24) is 9.13 Å². The van der Waals surface area contributed by atoms with Gasteiger partial charge in [-0.25, -0.2) is 0 Å². The molecule has 0 spiro atoms. The van der Waals surface area contributed by atoms with Gasteiger partial charge in [-0.05, 0) is 87.4 Å². The number of anilines is 3. The van der Waals surface area contributed by atoms with Crippen molar-refractivity contribution in [3.05, 3.63) is 188 Å². The third kappa shape index (κ3) is 4.17. The van der Waals surface area contributed by atoms with E-state index in [2.05, 4.69) is 190 Å². The summed E-state index contributed by atoms with van der Waals surface area (Å²) in [6.45, 7) is -0.332. The van der Waals surface area contributed by atoms with Crippen LogP contribution >= 0.6 is 0 Å². The van der Waals surface area contributed by atoms with E-state index in [0.29, 0.717) is 0 Å². The average molecular weight is 880 g/mol. The second kappa shape index (κ2) is 12.1. The molecule has 10 aromatic carbocycles. The summed E-state index contributed by atoms with van der Waals surface area (Å²) < 4.78 is 33.4. The topological polar surface area (TPSA) is 53.9 Å². The van der Waals surface area contributed by atoms with Crippen molar-refractivity contribution in [2.45, 2.75) is 0 Å². The Morgan fingerprint density at radius 3 is 1.43 bits per heavy atom. The average Bonchev–Trinajstić information content (AvgIpc) is 4.06. The van der Waals surface area contributed by atoms with Gasteiger partial charge in [0.1, 0.15) is 34.2 Å². The third-order valence-electron chi connectivity index (χ3n) is 15.8. The zero-order chi connectivity index (χ0) is 44.4. The van der Waals surface area contributed by atoms with Crippen LogP contribution in [0.2, 0.25) is 0 Å². The molecule has 3 aromatic heterocycles. The summed E-state index contributed by atoms with van der Waals surface area (Å²) in [4.78, 5) is 2.48. The third-order valence-corrected chi connectivity index (χ3v) is 15.8. The maximum Gasteiger partial charge on any atom is 0.256 e. The van der Waals surface area contributed by atoms with Crippen molar-refractivity contribution in [1.29, 1.82) is 0 Å². The van der Waals surface area contributed by atoms with Crippen LogP contribution in [0.3, 0.4) is 0 Å². The number of furan rings is 1. The van der Waals surface area contributed by atoms with Gasteiger partial charge in [0.05, 0.1) is 38.8 Å². The molecular weight excluding hydrogens is 848 g/mol. The van der Waals surface area contributed by atoms with Gasteiger partial charge in [-0.15, -0.1) is 0 Å². The Labute approximate surface area is 393 Å². The molecule has 0 saturated carbocycles. The highest BCUT2D eigenvalue weighted by Crippen LogP contribution is 2.57. The first kappa shape index (κ1) is 35.2. The molecule has 7 nitrogen and oxygen atoms in total. The summed E-state index contributed by atoms with van der Waals surface area (Å²) >= 11 is 0. The Morgan fingerprint density at radius 2 is 0.855 bits per heavy atom. The van der Waals surface area contributed by atoms with Crippen molar-refractivity contribution in [3.8, 4) is 45.9 Å². The molecule has 0 N–H and O–H groups in total. The smallest absolute Gasteiger partial charge is 0.256 e. The van der Waals surface area contributed by atoms with Gasteiger partial charge < -0.3 is 32.7 Å². The normalized spacial score (nSPS) is 14.1. The summed E-state index contributed by atoms with van der Waals surface area (Å²) in [6.07, 6.45) is 0. The summed E-state index contributed by atoms with van der Waals surface area (Å²) in [5, 5.41) is 6.88. The maximum atomic E-state index is 7.33. The van der Waals surface area contributed by atoms with E-state index in [9.17, 15) is 0 Å². The molecule has 0 bridgehead atoms. The standard InChI is InChI=1S/C60H31B2N3O4/c1-6-18-43-34(12-1)35-13-2-7-19-44(35)63(43)32-24-26-39-49(28-32)67-52-31-53-56-59-55(52)61(39)41-17-11-23-48-57(41)65(59)58-42(30-51-54(60(58)69-48)38-16-5-10-22-47(38)66-51)62(56)40-27-25-33(29-50(40)68-53)64-45-20-8-3-14-36(45)37-15-4-9-21-46(37)64/h1-31H. The lowest BCUT2D eigenvalue weighted by Crippen LogP contribution is -2.67. The van der Waals surface area contributed by atoms with Crippen molar-refractivity contribution in [2.24, 2.45) is 0 Å². The van der Waals surface area contributed by atoms with Crippen LogP contribution in [0.4, 0.5) is 17.1 Å². The van der Waals surface area contributed by atoms with Gasteiger partial charge in [-0.1, -0.05) is 115 Å². The van der Waals surface area contributed by atoms with Gasteiger partial charge in [0.15, 0.2) is 11.5 Å². The zero-order valence-corrected chi connectivity index (χ0v) is 36.5. The van der Waals surface area contributed by atoms with E-state index in [1.807, 2.05) is 12.1 Å². The van der Waals surface area contributed by atoms with Gasteiger partial charge in [-0.2, -0.15) is 0 Å². The van der Waals surface area contributed by atoms with Crippen LogP contribution in [-0.4, -0.2) is 22.6 Å². The quantitative estimate of drug-likeness (QED) is 0.162. The Balaban J connectivity index is 0.916. The van der Waals surface area contributed by atoms with E-state index < -0.39 is 0 Å². The van der Waals surface area contributed by atoms with Crippen molar-refractivity contribution >= 4 is 129 Å². The van der Waals surface area contributed by atoms with E-state index >= 15 is 0 Å². The largest absolute Gasteiger partial charge is 0.458 e. The highest BCUT2D eigenvalue weighted by atomic mass is 16.5. The molecule has 0 aliphatic carbocycles. The van der Waals surface area contributed by atoms with E-state index in [1.165, 1.54) is 27.0 Å². The Kier molecular flexibility index (Phi) is 6.16. The van der Waals surface area contributed by atoms with Crippen LogP contribution in [0.15, 0.2) is 192 Å². The van der Waals surface area contributed by atoms with Gasteiger partial charge >= 0.3 is 0 Å². The van der Waals surface area contributed by atoms with Crippen molar-refractivity contribution < 1.29 is 18.6 Å². The molecule has 5 aliphatic heterocycles. The lowest BCUT2D eigenvalue weighted by atomic mass is 9.29. The van der Waals surface area contributed by atoms with Crippen LogP contribution in [0.25, 0.3) is 76.9 Å². The molecule has 8 heterocycles. The fourth-order valence-corrected chi connectivity index (χ4v) is 13.1. The van der Waals surface area contributed by atoms with Crippen LogP contribution in [0.5, 0.6) is 34.5 Å². The first-order chi connectivity index (χ1) is 34.2. The van der Waals surface area contributed by atoms with Crippen LogP contribution in [-0.2, 0) is 0 Å². The van der Waals surface area contributed by atoms with E-state index in [-0.39, 0.29) is 13.4 Å². The van der Waals surface area contributed by atoms with E-state index in [0.717, 1.165) is 134 Å². The lowest BCUT2D eigenvalue weighted by molar-refractivity contribution is 0.464. The van der Waals surface area contributed by atoms with Gasteiger partial charge in [0.25, 0.3) is 13.4 Å².